The molecule has 2 fully saturated rings. The highest BCUT2D eigenvalue weighted by Crippen LogP contribution is 2.53. The monoisotopic (exact) mass is 444 g/mol. The molecule has 5 atom stereocenters. The van der Waals surface area contributed by atoms with Crippen molar-refractivity contribution in [1.82, 2.24) is 5.32 Å². The van der Waals surface area contributed by atoms with Gasteiger partial charge in [-0.05, 0) is 48.9 Å². The maximum absolute atomic E-state index is 13.0. The van der Waals surface area contributed by atoms with E-state index in [1.165, 1.54) is 17.0 Å². The quantitative estimate of drug-likeness (QED) is 0.420. The number of fused-ring (bicyclic) bond motifs is 5. The zero-order valence-electron chi connectivity index (χ0n) is 18.1. The first-order valence-electron chi connectivity index (χ1n) is 11.1. The third-order valence-electron chi connectivity index (χ3n) is 6.82. The van der Waals surface area contributed by atoms with Gasteiger partial charge in [-0.15, -0.1) is 0 Å². The second kappa shape index (κ2) is 8.31. The largest absolute Gasteiger partial charge is 0.452 e. The van der Waals surface area contributed by atoms with Gasteiger partial charge in [0.15, 0.2) is 6.61 Å². The third kappa shape index (κ3) is 3.73. The maximum atomic E-state index is 13.0. The Morgan fingerprint density at radius 3 is 2.33 bits per heavy atom. The number of imide groups is 1. The molecule has 0 unspecified atom stereocenters. The number of benzene rings is 2. The fraction of sp³-hybridized carbons (Fsp3) is 0.308. The van der Waals surface area contributed by atoms with Crippen LogP contribution < -0.4 is 10.2 Å². The Kier molecular flexibility index (Phi) is 5.32. The van der Waals surface area contributed by atoms with Crippen molar-refractivity contribution in [2.45, 2.75) is 19.4 Å². The van der Waals surface area contributed by atoms with Gasteiger partial charge < -0.3 is 10.1 Å². The van der Waals surface area contributed by atoms with E-state index >= 15 is 0 Å². The van der Waals surface area contributed by atoms with Gasteiger partial charge in [0.2, 0.25) is 11.8 Å². The van der Waals surface area contributed by atoms with E-state index in [4.69, 9.17) is 4.74 Å². The second-order valence-corrected chi connectivity index (χ2v) is 8.84. The molecule has 1 saturated carbocycles. The molecule has 5 rings (SSSR count). The lowest BCUT2D eigenvalue weighted by atomic mass is 9.85. The summed E-state index contributed by atoms with van der Waals surface area (Å²) >= 11 is 0. The summed E-state index contributed by atoms with van der Waals surface area (Å²) in [4.78, 5) is 52.0. The molecule has 0 aromatic heterocycles. The number of hydrogen-bond acceptors (Lipinski definition) is 5. The summed E-state index contributed by atoms with van der Waals surface area (Å²) in [7, 11) is 0. The number of hydrogen-bond donors (Lipinski definition) is 1. The Labute approximate surface area is 191 Å². The van der Waals surface area contributed by atoms with Gasteiger partial charge in [-0.1, -0.05) is 48.6 Å². The Morgan fingerprint density at radius 2 is 1.67 bits per heavy atom. The first kappa shape index (κ1) is 21.1. The molecule has 0 spiro atoms. The lowest BCUT2D eigenvalue weighted by molar-refractivity contribution is -0.125. The molecular weight excluding hydrogens is 420 g/mol. The molecule has 0 radical (unpaired) electrons. The van der Waals surface area contributed by atoms with Crippen molar-refractivity contribution in [3.05, 3.63) is 77.9 Å². The van der Waals surface area contributed by atoms with Crippen molar-refractivity contribution in [2.75, 3.05) is 11.5 Å². The summed E-state index contributed by atoms with van der Waals surface area (Å²) in [5.41, 5.74) is 1.48. The molecule has 2 aromatic carbocycles. The van der Waals surface area contributed by atoms with Crippen LogP contribution in [0.3, 0.4) is 0 Å². The number of rotatable bonds is 6. The van der Waals surface area contributed by atoms with E-state index in [0.29, 0.717) is 5.69 Å². The Balaban J connectivity index is 1.22. The summed E-state index contributed by atoms with van der Waals surface area (Å²) < 4.78 is 5.17. The molecule has 1 aliphatic heterocycles. The molecule has 168 valence electrons. The number of allylic oxidation sites excluding steroid dienone is 2. The van der Waals surface area contributed by atoms with Crippen LogP contribution in [0, 0.1) is 23.7 Å². The molecule has 2 aromatic rings. The van der Waals surface area contributed by atoms with Crippen molar-refractivity contribution >= 4 is 29.4 Å². The first-order chi connectivity index (χ1) is 15.9. The number of amides is 3. The normalized spacial score (nSPS) is 25.8. The van der Waals surface area contributed by atoms with Crippen molar-refractivity contribution in [3.8, 4) is 0 Å². The molecule has 3 amide bonds. The van der Waals surface area contributed by atoms with E-state index in [2.05, 4.69) is 5.32 Å². The number of esters is 1. The van der Waals surface area contributed by atoms with Crippen molar-refractivity contribution in [2.24, 2.45) is 23.7 Å². The first-order valence-corrected chi connectivity index (χ1v) is 11.1. The molecule has 3 aliphatic rings. The van der Waals surface area contributed by atoms with Gasteiger partial charge in [-0.25, -0.2) is 9.69 Å². The highest BCUT2D eigenvalue weighted by Gasteiger charge is 2.59. The number of carbonyl (C=O) groups is 4. The Bertz CT molecular complexity index is 1130. The number of anilines is 1. The van der Waals surface area contributed by atoms with E-state index in [0.717, 1.165) is 12.0 Å². The van der Waals surface area contributed by atoms with Crippen LogP contribution in [0.25, 0.3) is 0 Å². The van der Waals surface area contributed by atoms with Gasteiger partial charge in [0, 0.05) is 0 Å². The van der Waals surface area contributed by atoms with Gasteiger partial charge in [0.05, 0.1) is 29.1 Å². The highest BCUT2D eigenvalue weighted by atomic mass is 16.5. The average Bonchev–Trinajstić information content (AvgIpc) is 3.51. The lowest BCUT2D eigenvalue weighted by Gasteiger charge is -2.18. The summed E-state index contributed by atoms with van der Waals surface area (Å²) in [6.07, 6.45) is 4.94. The third-order valence-corrected chi connectivity index (χ3v) is 6.82. The highest BCUT2D eigenvalue weighted by molar-refractivity contribution is 6.23. The maximum Gasteiger partial charge on any atom is 0.338 e. The molecule has 1 saturated heterocycles. The van der Waals surface area contributed by atoms with Gasteiger partial charge >= 0.3 is 5.97 Å². The number of nitrogens with zero attached hydrogens (tertiary/aromatic N) is 1. The smallest absolute Gasteiger partial charge is 0.338 e. The molecular formula is C26H24N2O5. The number of ether oxygens (including phenoxy) is 1. The number of nitrogens with one attached hydrogen (secondary N) is 1. The van der Waals surface area contributed by atoms with E-state index in [-0.39, 0.29) is 47.1 Å². The van der Waals surface area contributed by atoms with Gasteiger partial charge in [-0.3, -0.25) is 14.4 Å². The molecule has 2 aliphatic carbocycles. The molecule has 1 heterocycles. The topological polar surface area (TPSA) is 92.8 Å². The van der Waals surface area contributed by atoms with Crippen LogP contribution >= 0.6 is 0 Å². The Morgan fingerprint density at radius 1 is 1.00 bits per heavy atom. The van der Waals surface area contributed by atoms with Crippen LogP contribution in [0.15, 0.2) is 66.7 Å². The average molecular weight is 444 g/mol. The predicted molar refractivity (Wildman–Crippen MR) is 120 cm³/mol. The molecule has 7 heteroatoms. The minimum Gasteiger partial charge on any atom is -0.452 e. The summed E-state index contributed by atoms with van der Waals surface area (Å²) in [5, 5.41) is 2.79. The van der Waals surface area contributed by atoms with Gasteiger partial charge in [0.1, 0.15) is 0 Å². The van der Waals surface area contributed by atoms with E-state index in [1.54, 1.807) is 12.1 Å². The molecule has 2 bridgehead atoms. The Hall–Kier alpha value is -3.74. The van der Waals surface area contributed by atoms with Crippen molar-refractivity contribution < 1.29 is 23.9 Å². The minimum absolute atomic E-state index is 0.117. The minimum atomic E-state index is -0.694. The summed E-state index contributed by atoms with van der Waals surface area (Å²) in [6, 6.07) is 15.5. The number of carbonyl (C=O) groups excluding carboxylic acids is 4. The van der Waals surface area contributed by atoms with Gasteiger partial charge in [0.25, 0.3) is 5.91 Å². The lowest BCUT2D eigenvalue weighted by Crippen LogP contribution is -2.33. The van der Waals surface area contributed by atoms with Crippen LogP contribution in [0.5, 0.6) is 0 Å². The van der Waals surface area contributed by atoms with Crippen LogP contribution in [0.2, 0.25) is 0 Å². The van der Waals surface area contributed by atoms with Crippen LogP contribution in [-0.4, -0.2) is 30.3 Å². The van der Waals surface area contributed by atoms with Crippen LogP contribution in [0.1, 0.15) is 35.3 Å². The van der Waals surface area contributed by atoms with Crippen molar-refractivity contribution in [3.63, 3.8) is 0 Å². The zero-order valence-corrected chi connectivity index (χ0v) is 18.1. The van der Waals surface area contributed by atoms with E-state index < -0.39 is 18.5 Å². The van der Waals surface area contributed by atoms with E-state index in [1.807, 2.05) is 49.4 Å². The predicted octanol–water partition coefficient (Wildman–Crippen LogP) is 3.03. The summed E-state index contributed by atoms with van der Waals surface area (Å²) in [6.45, 7) is 1.42. The fourth-order valence-corrected chi connectivity index (χ4v) is 5.25. The van der Waals surface area contributed by atoms with Crippen LogP contribution in [-0.2, 0) is 19.1 Å². The fourth-order valence-electron chi connectivity index (χ4n) is 5.25. The van der Waals surface area contributed by atoms with E-state index in [9.17, 15) is 19.2 Å². The standard InChI is InChI=1S/C26H24N2O5/c1-15(16-6-3-2-4-7-16)27-21(29)14-33-26(32)19-8-5-9-20(13-19)28-24(30)22-17-10-11-18(12-17)23(22)25(28)31/h2-11,13,15,17-18,22-23H,12,14H2,1H3,(H,27,29)/t15-,17-,18-,22-,23-/m0/s1. The zero-order chi connectivity index (χ0) is 23.1. The van der Waals surface area contributed by atoms with Gasteiger partial charge in [-0.2, -0.15) is 0 Å². The molecule has 33 heavy (non-hydrogen) atoms. The van der Waals surface area contributed by atoms with Crippen LogP contribution in [0.4, 0.5) is 5.69 Å². The molecule has 7 nitrogen and oxygen atoms in total. The second-order valence-electron chi connectivity index (χ2n) is 8.84. The summed E-state index contributed by atoms with van der Waals surface area (Å²) in [5.74, 6) is -1.91. The van der Waals surface area contributed by atoms with Crippen molar-refractivity contribution in [1.29, 1.82) is 0 Å². The molecule has 1 N–H and O–H groups in total. The SMILES string of the molecule is C[C@H](NC(=O)COC(=O)c1cccc(N2C(=O)[C@@H]3[C@@H](C2=O)[C@H]2C=C[C@H]3C2)c1)c1ccccc1.